The van der Waals surface area contributed by atoms with Gasteiger partial charge in [0.1, 0.15) is 0 Å². The molecule has 1 fully saturated rings. The van der Waals surface area contributed by atoms with Gasteiger partial charge in [-0.1, -0.05) is 51.8 Å². The third kappa shape index (κ3) is 2.90. The van der Waals surface area contributed by atoms with E-state index < -0.39 is 0 Å². The molecule has 1 nitrogen and oxygen atoms in total. The maximum absolute atomic E-state index is 3.69. The average Bonchev–Trinajstić information content (AvgIpc) is 2.72. The van der Waals surface area contributed by atoms with Crippen molar-refractivity contribution in [1.82, 2.24) is 4.90 Å². The normalized spacial score (nSPS) is 18.3. The zero-order chi connectivity index (χ0) is 15.8. The number of aryl methyl sites for hydroxylation is 2. The Balaban J connectivity index is 1.95. The molecule has 0 spiro atoms. The van der Waals surface area contributed by atoms with Gasteiger partial charge in [-0.15, -0.1) is 0 Å². The molecule has 4 rings (SSSR count). The number of piperidine rings is 1. The molecule has 0 N–H and O–H groups in total. The standard InChI is InChI=1S/C21H22BrN/c1-23-12-10-17(11-13-23)21-19-5-3-2-4-15(19)6-7-16-8-9-18(22)14-20(16)21/h2-5,8-9,14H,6-7,10-13H2,1H3. The van der Waals surface area contributed by atoms with Gasteiger partial charge >= 0.3 is 0 Å². The third-order valence-electron chi connectivity index (χ3n) is 5.24. The van der Waals surface area contributed by atoms with Gasteiger partial charge in [0, 0.05) is 17.6 Å². The van der Waals surface area contributed by atoms with Crippen LogP contribution >= 0.6 is 15.9 Å². The fourth-order valence-electron chi connectivity index (χ4n) is 3.92. The SMILES string of the molecule is CN1CCC(=C2c3ccccc3CCc3ccc(Br)cc32)CC1. The Labute approximate surface area is 147 Å². The van der Waals surface area contributed by atoms with E-state index in [1.807, 2.05) is 0 Å². The van der Waals surface area contributed by atoms with Crippen molar-refractivity contribution in [2.75, 3.05) is 20.1 Å². The highest BCUT2D eigenvalue weighted by Crippen LogP contribution is 2.39. The Kier molecular flexibility index (Phi) is 4.13. The van der Waals surface area contributed by atoms with Crippen LogP contribution in [-0.2, 0) is 12.8 Å². The van der Waals surface area contributed by atoms with Gasteiger partial charge in [-0.25, -0.2) is 0 Å². The fraction of sp³-hybridized carbons (Fsp3) is 0.333. The van der Waals surface area contributed by atoms with E-state index >= 15 is 0 Å². The van der Waals surface area contributed by atoms with Crippen LogP contribution in [0.25, 0.3) is 5.57 Å². The van der Waals surface area contributed by atoms with Crippen LogP contribution in [0.15, 0.2) is 52.5 Å². The van der Waals surface area contributed by atoms with Crippen LogP contribution in [0.3, 0.4) is 0 Å². The van der Waals surface area contributed by atoms with Gasteiger partial charge in [-0.05, 0) is 72.7 Å². The number of halogens is 1. The Morgan fingerprint density at radius 1 is 0.826 bits per heavy atom. The summed E-state index contributed by atoms with van der Waals surface area (Å²) in [6, 6.07) is 15.8. The van der Waals surface area contributed by atoms with E-state index in [1.165, 1.54) is 58.2 Å². The van der Waals surface area contributed by atoms with Crippen molar-refractivity contribution in [2.45, 2.75) is 25.7 Å². The molecule has 0 radical (unpaired) electrons. The molecule has 2 aromatic rings. The van der Waals surface area contributed by atoms with Crippen LogP contribution in [0.5, 0.6) is 0 Å². The first kappa shape index (κ1) is 15.2. The number of hydrogen-bond donors (Lipinski definition) is 0. The average molecular weight is 368 g/mol. The molecule has 0 aromatic heterocycles. The van der Waals surface area contributed by atoms with Crippen molar-refractivity contribution < 1.29 is 0 Å². The largest absolute Gasteiger partial charge is 0.306 e. The summed E-state index contributed by atoms with van der Waals surface area (Å²) in [7, 11) is 2.23. The van der Waals surface area contributed by atoms with Gasteiger partial charge in [0.15, 0.2) is 0 Å². The molecule has 1 aliphatic carbocycles. The van der Waals surface area contributed by atoms with E-state index in [4.69, 9.17) is 0 Å². The van der Waals surface area contributed by atoms with E-state index in [9.17, 15) is 0 Å². The predicted octanol–water partition coefficient (Wildman–Crippen LogP) is 5.08. The van der Waals surface area contributed by atoms with Crippen molar-refractivity contribution in [3.8, 4) is 0 Å². The molecule has 0 saturated carbocycles. The second-order valence-electron chi connectivity index (χ2n) is 6.74. The lowest BCUT2D eigenvalue weighted by Gasteiger charge is -2.27. The minimum Gasteiger partial charge on any atom is -0.306 e. The summed E-state index contributed by atoms with van der Waals surface area (Å²) in [6.45, 7) is 2.34. The molecule has 0 atom stereocenters. The van der Waals surface area contributed by atoms with Crippen LogP contribution in [0.1, 0.15) is 35.1 Å². The molecule has 0 unspecified atom stereocenters. The quantitative estimate of drug-likeness (QED) is 0.627. The molecule has 1 aliphatic heterocycles. The number of benzene rings is 2. The zero-order valence-electron chi connectivity index (χ0n) is 13.6. The number of rotatable bonds is 0. The first-order chi connectivity index (χ1) is 11.2. The third-order valence-corrected chi connectivity index (χ3v) is 5.73. The summed E-state index contributed by atoms with van der Waals surface area (Å²) in [4.78, 5) is 2.44. The van der Waals surface area contributed by atoms with Gasteiger partial charge in [0.25, 0.3) is 0 Å². The Morgan fingerprint density at radius 3 is 2.30 bits per heavy atom. The number of fused-ring (bicyclic) bond motifs is 2. The number of likely N-dealkylation sites (tertiary alicyclic amines) is 1. The van der Waals surface area contributed by atoms with E-state index in [2.05, 4.69) is 70.3 Å². The maximum Gasteiger partial charge on any atom is 0.0181 e. The summed E-state index contributed by atoms with van der Waals surface area (Å²) < 4.78 is 1.18. The van der Waals surface area contributed by atoms with Gasteiger partial charge < -0.3 is 4.90 Å². The Hall–Kier alpha value is -1.38. The first-order valence-electron chi connectivity index (χ1n) is 8.50. The lowest BCUT2D eigenvalue weighted by molar-refractivity contribution is 0.313. The smallest absolute Gasteiger partial charge is 0.0181 e. The van der Waals surface area contributed by atoms with Crippen LogP contribution in [0.4, 0.5) is 0 Å². The number of nitrogens with zero attached hydrogens (tertiary/aromatic N) is 1. The highest BCUT2D eigenvalue weighted by atomic mass is 79.9. The summed E-state index contributed by atoms with van der Waals surface area (Å²) in [6.07, 6.45) is 4.65. The van der Waals surface area contributed by atoms with Crippen LogP contribution in [0.2, 0.25) is 0 Å². The predicted molar refractivity (Wildman–Crippen MR) is 101 cm³/mol. The summed E-state index contributed by atoms with van der Waals surface area (Å²) in [5.41, 5.74) is 9.05. The molecule has 2 aliphatic rings. The topological polar surface area (TPSA) is 3.24 Å². The van der Waals surface area contributed by atoms with Crippen molar-refractivity contribution in [3.63, 3.8) is 0 Å². The molecule has 23 heavy (non-hydrogen) atoms. The molecule has 0 bridgehead atoms. The second kappa shape index (κ2) is 6.26. The molecule has 1 heterocycles. The maximum atomic E-state index is 3.69. The lowest BCUT2D eigenvalue weighted by atomic mass is 9.86. The molecule has 1 saturated heterocycles. The summed E-state index contributed by atoms with van der Waals surface area (Å²) >= 11 is 3.69. The van der Waals surface area contributed by atoms with Crippen LogP contribution < -0.4 is 0 Å². The Bertz CT molecular complexity index is 765. The molecule has 118 valence electrons. The fourth-order valence-corrected chi connectivity index (χ4v) is 4.28. The van der Waals surface area contributed by atoms with Crippen LogP contribution in [0, 0.1) is 0 Å². The van der Waals surface area contributed by atoms with E-state index in [-0.39, 0.29) is 0 Å². The van der Waals surface area contributed by atoms with Crippen molar-refractivity contribution >= 4 is 21.5 Å². The van der Waals surface area contributed by atoms with E-state index in [1.54, 1.807) is 5.57 Å². The Morgan fingerprint density at radius 2 is 1.52 bits per heavy atom. The summed E-state index contributed by atoms with van der Waals surface area (Å²) in [5.74, 6) is 0. The lowest BCUT2D eigenvalue weighted by Crippen LogP contribution is -2.27. The zero-order valence-corrected chi connectivity index (χ0v) is 15.2. The minimum atomic E-state index is 1.14. The van der Waals surface area contributed by atoms with Gasteiger partial charge in [0.2, 0.25) is 0 Å². The number of hydrogen-bond acceptors (Lipinski definition) is 1. The van der Waals surface area contributed by atoms with Crippen molar-refractivity contribution in [1.29, 1.82) is 0 Å². The van der Waals surface area contributed by atoms with E-state index in [0.29, 0.717) is 0 Å². The van der Waals surface area contributed by atoms with Gasteiger partial charge in [-0.3, -0.25) is 0 Å². The molecular weight excluding hydrogens is 346 g/mol. The molecule has 2 aromatic carbocycles. The highest BCUT2D eigenvalue weighted by Gasteiger charge is 2.23. The monoisotopic (exact) mass is 367 g/mol. The molecule has 2 heteroatoms. The molecular formula is C21H22BrN. The van der Waals surface area contributed by atoms with Crippen molar-refractivity contribution in [3.05, 3.63) is 74.8 Å². The minimum absolute atomic E-state index is 1.14. The first-order valence-corrected chi connectivity index (χ1v) is 9.29. The highest BCUT2D eigenvalue weighted by molar-refractivity contribution is 9.10. The summed E-state index contributed by atoms with van der Waals surface area (Å²) in [5, 5.41) is 0. The second-order valence-corrected chi connectivity index (χ2v) is 7.66. The van der Waals surface area contributed by atoms with Gasteiger partial charge in [0.05, 0.1) is 0 Å². The van der Waals surface area contributed by atoms with E-state index in [0.717, 1.165) is 12.8 Å². The van der Waals surface area contributed by atoms with Crippen molar-refractivity contribution in [2.24, 2.45) is 0 Å². The van der Waals surface area contributed by atoms with Gasteiger partial charge in [-0.2, -0.15) is 0 Å². The molecule has 0 amide bonds. The van der Waals surface area contributed by atoms with Crippen LogP contribution in [-0.4, -0.2) is 25.0 Å².